The minimum atomic E-state index is 0.113. The molecule has 2 atom stereocenters. The van der Waals surface area contributed by atoms with Gasteiger partial charge in [0, 0.05) is 11.8 Å². The summed E-state index contributed by atoms with van der Waals surface area (Å²) < 4.78 is 0. The van der Waals surface area contributed by atoms with Gasteiger partial charge < -0.3 is 0 Å². The third kappa shape index (κ3) is 1.46. The van der Waals surface area contributed by atoms with Crippen molar-refractivity contribution in [3.63, 3.8) is 0 Å². The van der Waals surface area contributed by atoms with E-state index in [1.807, 2.05) is 0 Å². The molecule has 2 bridgehead atoms. The smallest absolute Gasteiger partial charge is 0.178 e. The third-order valence-corrected chi connectivity index (χ3v) is 5.51. The SMILES string of the molecule is O=C1C=C[C@@H]2C3c4ccccc4C(c4ccccc43)[C@H]2C=C1. The van der Waals surface area contributed by atoms with Crippen molar-refractivity contribution in [1.29, 1.82) is 0 Å². The number of ketones is 1. The van der Waals surface area contributed by atoms with E-state index in [-0.39, 0.29) is 5.78 Å². The minimum Gasteiger partial charge on any atom is -0.290 e. The maximum absolute atomic E-state index is 11.8. The van der Waals surface area contributed by atoms with Gasteiger partial charge in [0.2, 0.25) is 0 Å². The molecule has 0 saturated heterocycles. The van der Waals surface area contributed by atoms with Gasteiger partial charge in [-0.2, -0.15) is 0 Å². The Hall–Kier alpha value is -2.41. The molecule has 0 unspecified atom stereocenters. The van der Waals surface area contributed by atoms with Gasteiger partial charge >= 0.3 is 0 Å². The molecule has 0 radical (unpaired) electrons. The van der Waals surface area contributed by atoms with Gasteiger partial charge in [0.1, 0.15) is 0 Å². The lowest BCUT2D eigenvalue weighted by Gasteiger charge is -2.49. The number of benzene rings is 2. The van der Waals surface area contributed by atoms with Gasteiger partial charge in [0.25, 0.3) is 0 Å². The number of carbonyl (C=O) groups excluding carboxylic acids is 1. The molecule has 106 valence electrons. The van der Waals surface area contributed by atoms with Gasteiger partial charge in [-0.15, -0.1) is 0 Å². The molecule has 4 aliphatic rings. The second-order valence-corrected chi connectivity index (χ2v) is 6.49. The van der Waals surface area contributed by atoms with Gasteiger partial charge in [-0.05, 0) is 46.2 Å². The van der Waals surface area contributed by atoms with Crippen LogP contribution in [0, 0.1) is 11.8 Å². The van der Waals surface area contributed by atoms with Crippen molar-refractivity contribution in [2.24, 2.45) is 11.8 Å². The summed E-state index contributed by atoms with van der Waals surface area (Å²) in [6.07, 6.45) is 7.81. The number of allylic oxidation sites excluding steroid dienone is 4. The molecule has 6 rings (SSSR count). The van der Waals surface area contributed by atoms with Crippen molar-refractivity contribution in [2.75, 3.05) is 0 Å². The largest absolute Gasteiger partial charge is 0.290 e. The molecule has 0 spiro atoms. The molecule has 22 heavy (non-hydrogen) atoms. The van der Waals surface area contributed by atoms with E-state index in [9.17, 15) is 4.79 Å². The van der Waals surface area contributed by atoms with Crippen LogP contribution in [0.2, 0.25) is 0 Å². The normalized spacial score (nSPS) is 30.5. The van der Waals surface area contributed by atoms with Crippen molar-refractivity contribution in [3.05, 3.63) is 95.1 Å². The lowest BCUT2D eigenvalue weighted by molar-refractivity contribution is -0.110. The Morgan fingerprint density at radius 3 is 1.32 bits per heavy atom. The topological polar surface area (TPSA) is 17.1 Å². The first-order valence-electron chi connectivity index (χ1n) is 7.92. The average molecular weight is 284 g/mol. The Labute approximate surface area is 130 Å². The first-order chi connectivity index (χ1) is 10.8. The van der Waals surface area contributed by atoms with Crippen LogP contribution in [-0.4, -0.2) is 5.78 Å². The van der Waals surface area contributed by atoms with Crippen LogP contribution in [0.15, 0.2) is 72.8 Å². The Morgan fingerprint density at radius 2 is 0.955 bits per heavy atom. The summed E-state index contributed by atoms with van der Waals surface area (Å²) in [5, 5.41) is 0. The summed E-state index contributed by atoms with van der Waals surface area (Å²) in [5.74, 6) is 1.63. The van der Waals surface area contributed by atoms with Crippen LogP contribution in [0.25, 0.3) is 0 Å². The van der Waals surface area contributed by atoms with E-state index in [1.54, 1.807) is 12.2 Å². The van der Waals surface area contributed by atoms with Crippen molar-refractivity contribution in [1.82, 2.24) is 0 Å². The first kappa shape index (κ1) is 12.2. The minimum absolute atomic E-state index is 0.113. The monoisotopic (exact) mass is 284 g/mol. The lowest BCUT2D eigenvalue weighted by Crippen LogP contribution is -2.38. The van der Waals surface area contributed by atoms with Crippen LogP contribution in [0.5, 0.6) is 0 Å². The highest BCUT2D eigenvalue weighted by Crippen LogP contribution is 2.59. The van der Waals surface area contributed by atoms with E-state index in [0.717, 1.165) is 0 Å². The number of hydrogen-bond donors (Lipinski definition) is 0. The first-order valence-corrected chi connectivity index (χ1v) is 7.92. The molecule has 2 aromatic carbocycles. The summed E-state index contributed by atoms with van der Waals surface area (Å²) in [5.41, 5.74) is 5.78. The summed E-state index contributed by atoms with van der Waals surface area (Å²) in [4.78, 5) is 11.8. The number of carbonyl (C=O) groups is 1. The summed E-state index contributed by atoms with van der Waals surface area (Å²) in [6.45, 7) is 0. The van der Waals surface area contributed by atoms with Crippen LogP contribution in [-0.2, 0) is 4.79 Å². The highest BCUT2D eigenvalue weighted by molar-refractivity contribution is 5.99. The van der Waals surface area contributed by atoms with E-state index >= 15 is 0 Å². The third-order valence-electron chi connectivity index (χ3n) is 5.51. The van der Waals surface area contributed by atoms with Crippen LogP contribution in [0.4, 0.5) is 0 Å². The van der Waals surface area contributed by atoms with E-state index in [1.165, 1.54) is 22.3 Å². The molecule has 0 aliphatic heterocycles. The van der Waals surface area contributed by atoms with Crippen LogP contribution < -0.4 is 0 Å². The molecule has 0 fully saturated rings. The van der Waals surface area contributed by atoms with Crippen molar-refractivity contribution in [2.45, 2.75) is 11.8 Å². The maximum Gasteiger partial charge on any atom is 0.178 e. The molecular formula is C21H16O. The van der Waals surface area contributed by atoms with Crippen LogP contribution in [0.1, 0.15) is 34.1 Å². The van der Waals surface area contributed by atoms with E-state index in [0.29, 0.717) is 23.7 Å². The molecule has 0 heterocycles. The fourth-order valence-corrected chi connectivity index (χ4v) is 4.71. The lowest BCUT2D eigenvalue weighted by atomic mass is 9.54. The van der Waals surface area contributed by atoms with Gasteiger partial charge in [-0.1, -0.05) is 60.7 Å². The summed E-state index contributed by atoms with van der Waals surface area (Å²) in [6, 6.07) is 17.6. The predicted octanol–water partition coefficient (Wildman–Crippen LogP) is 4.20. The van der Waals surface area contributed by atoms with E-state index in [4.69, 9.17) is 0 Å². The molecule has 0 amide bonds. The van der Waals surface area contributed by atoms with E-state index in [2.05, 4.69) is 60.7 Å². The Bertz CT molecular complexity index is 727. The van der Waals surface area contributed by atoms with Crippen LogP contribution in [0.3, 0.4) is 0 Å². The van der Waals surface area contributed by atoms with Gasteiger partial charge in [0.05, 0.1) is 0 Å². The molecule has 0 N–H and O–H groups in total. The molecule has 0 aromatic heterocycles. The Balaban J connectivity index is 1.83. The Kier molecular flexibility index (Phi) is 2.38. The maximum atomic E-state index is 11.8. The van der Waals surface area contributed by atoms with E-state index < -0.39 is 0 Å². The zero-order valence-electron chi connectivity index (χ0n) is 12.1. The Morgan fingerprint density at radius 1 is 0.591 bits per heavy atom. The zero-order chi connectivity index (χ0) is 14.7. The predicted molar refractivity (Wildman–Crippen MR) is 86.8 cm³/mol. The standard InChI is InChI=1S/C21H16O/c22-13-9-11-18-19(12-10-13)21-15-6-2-1-5-14(15)20(18)16-7-3-4-8-17(16)21/h1-12,18-21H/t18-,19-,20?,21?/m0/s1. The van der Waals surface area contributed by atoms with Gasteiger partial charge in [-0.3, -0.25) is 4.79 Å². The van der Waals surface area contributed by atoms with Gasteiger partial charge in [-0.25, -0.2) is 0 Å². The van der Waals surface area contributed by atoms with Crippen molar-refractivity contribution in [3.8, 4) is 0 Å². The zero-order valence-corrected chi connectivity index (χ0v) is 12.1. The average Bonchev–Trinajstić information content (AvgIpc) is 2.77. The fraction of sp³-hybridized carbons (Fsp3) is 0.190. The quantitative estimate of drug-likeness (QED) is 0.708. The summed E-state index contributed by atoms with van der Waals surface area (Å²) >= 11 is 0. The van der Waals surface area contributed by atoms with Crippen molar-refractivity contribution < 1.29 is 4.79 Å². The molecule has 0 saturated carbocycles. The molecular weight excluding hydrogens is 268 g/mol. The number of hydrogen-bond acceptors (Lipinski definition) is 1. The van der Waals surface area contributed by atoms with Crippen molar-refractivity contribution >= 4 is 5.78 Å². The molecule has 4 aliphatic carbocycles. The molecule has 1 nitrogen and oxygen atoms in total. The highest BCUT2D eigenvalue weighted by Gasteiger charge is 2.47. The highest BCUT2D eigenvalue weighted by atomic mass is 16.1. The second kappa shape index (κ2) is 4.30. The molecule has 1 heteroatoms. The van der Waals surface area contributed by atoms with Crippen LogP contribution >= 0.6 is 0 Å². The van der Waals surface area contributed by atoms with Gasteiger partial charge in [0.15, 0.2) is 5.78 Å². The second-order valence-electron chi connectivity index (χ2n) is 6.49. The summed E-state index contributed by atoms with van der Waals surface area (Å²) in [7, 11) is 0. The molecule has 2 aromatic rings. The fourth-order valence-electron chi connectivity index (χ4n) is 4.71. The number of rotatable bonds is 0.